The zero-order valence-electron chi connectivity index (χ0n) is 12.6. The van der Waals surface area contributed by atoms with E-state index in [0.717, 1.165) is 17.7 Å². The van der Waals surface area contributed by atoms with Gasteiger partial charge in [-0.15, -0.1) is 23.7 Å². The van der Waals surface area contributed by atoms with E-state index in [4.69, 9.17) is 5.73 Å². The van der Waals surface area contributed by atoms with Crippen LogP contribution in [-0.2, 0) is 12.8 Å². The molecule has 1 amide bonds. The lowest BCUT2D eigenvalue weighted by Crippen LogP contribution is -2.53. The van der Waals surface area contributed by atoms with Gasteiger partial charge in [0.1, 0.15) is 0 Å². The number of amides is 1. The van der Waals surface area contributed by atoms with E-state index in [2.05, 4.69) is 18.3 Å². The van der Waals surface area contributed by atoms with Gasteiger partial charge in [0.15, 0.2) is 0 Å². The fourth-order valence-corrected chi connectivity index (χ4v) is 4.29. The van der Waals surface area contributed by atoms with Crippen molar-refractivity contribution in [3.63, 3.8) is 0 Å². The molecule has 0 radical (unpaired) electrons. The normalized spacial score (nSPS) is 20.7. The van der Waals surface area contributed by atoms with Gasteiger partial charge in [-0.25, -0.2) is 0 Å². The molecule has 1 atom stereocenters. The van der Waals surface area contributed by atoms with Gasteiger partial charge in [0.2, 0.25) is 0 Å². The smallest absolute Gasteiger partial charge is 0.261 e. The number of hydrogen-bond donors (Lipinski definition) is 2. The van der Waals surface area contributed by atoms with Crippen LogP contribution in [0.15, 0.2) is 6.07 Å². The average molecular weight is 329 g/mol. The van der Waals surface area contributed by atoms with Crippen LogP contribution in [0.25, 0.3) is 0 Å². The van der Waals surface area contributed by atoms with Gasteiger partial charge in [0, 0.05) is 11.4 Å². The Labute approximate surface area is 137 Å². The van der Waals surface area contributed by atoms with Gasteiger partial charge in [-0.3, -0.25) is 4.79 Å². The number of carbonyl (C=O) groups is 1. The van der Waals surface area contributed by atoms with Gasteiger partial charge >= 0.3 is 0 Å². The summed E-state index contributed by atoms with van der Waals surface area (Å²) in [7, 11) is 0. The number of nitrogens with two attached hydrogens (primary N) is 1. The highest BCUT2D eigenvalue weighted by Gasteiger charge is 2.41. The predicted octanol–water partition coefficient (Wildman–Crippen LogP) is 3.30. The van der Waals surface area contributed by atoms with Crippen LogP contribution in [0.4, 0.5) is 0 Å². The molecule has 21 heavy (non-hydrogen) atoms. The molecule has 0 aliphatic heterocycles. The number of thiophene rings is 1. The number of fused-ring (bicyclic) bond motifs is 1. The number of halogens is 1. The van der Waals surface area contributed by atoms with E-state index in [1.807, 2.05) is 0 Å². The predicted molar refractivity (Wildman–Crippen MR) is 90.5 cm³/mol. The molecule has 3 N–H and O–H groups in total. The van der Waals surface area contributed by atoms with E-state index in [1.54, 1.807) is 11.3 Å². The first kappa shape index (κ1) is 16.8. The molecular formula is C16H25ClN2OS. The van der Waals surface area contributed by atoms with E-state index in [1.165, 1.54) is 42.5 Å². The van der Waals surface area contributed by atoms with Crippen molar-refractivity contribution in [2.75, 3.05) is 6.54 Å². The number of aryl methyl sites for hydroxylation is 2. The van der Waals surface area contributed by atoms with E-state index in [0.29, 0.717) is 12.5 Å². The van der Waals surface area contributed by atoms with Gasteiger partial charge in [0.05, 0.1) is 10.4 Å². The van der Waals surface area contributed by atoms with E-state index in [9.17, 15) is 4.79 Å². The second kappa shape index (κ2) is 6.67. The summed E-state index contributed by atoms with van der Waals surface area (Å²) in [5.41, 5.74) is 7.06. The molecule has 0 spiro atoms. The van der Waals surface area contributed by atoms with Crippen molar-refractivity contribution in [2.45, 2.75) is 57.4 Å². The van der Waals surface area contributed by atoms with Crippen LogP contribution in [0.1, 0.15) is 59.1 Å². The minimum atomic E-state index is -0.224. The van der Waals surface area contributed by atoms with Gasteiger partial charge in [-0.1, -0.05) is 6.42 Å². The quantitative estimate of drug-likeness (QED) is 0.833. The molecule has 2 aliphatic carbocycles. The van der Waals surface area contributed by atoms with Crippen molar-refractivity contribution in [3.8, 4) is 0 Å². The highest BCUT2D eigenvalue weighted by Crippen LogP contribution is 2.39. The topological polar surface area (TPSA) is 55.1 Å². The molecule has 1 unspecified atom stereocenters. The molecule has 0 saturated heterocycles. The second-order valence-corrected chi connectivity index (χ2v) is 7.61. The van der Waals surface area contributed by atoms with Crippen LogP contribution < -0.4 is 11.1 Å². The third-order valence-electron chi connectivity index (χ3n) is 4.77. The third-order valence-corrected chi connectivity index (χ3v) is 6.01. The maximum atomic E-state index is 12.5. The summed E-state index contributed by atoms with van der Waals surface area (Å²) in [5, 5.41) is 3.19. The lowest BCUT2D eigenvalue weighted by atomic mass is 9.96. The Kier molecular flexibility index (Phi) is 5.33. The SMILES string of the molecule is CC(CN)(NC(=O)c1cc2c(s1)CCCCC2)C1CC1.Cl. The molecule has 1 fully saturated rings. The van der Waals surface area contributed by atoms with Crippen molar-refractivity contribution < 1.29 is 4.79 Å². The van der Waals surface area contributed by atoms with Gasteiger partial charge < -0.3 is 11.1 Å². The summed E-state index contributed by atoms with van der Waals surface area (Å²) in [5.74, 6) is 0.636. The molecule has 1 aromatic rings. The Morgan fingerprint density at radius 3 is 2.76 bits per heavy atom. The Morgan fingerprint density at radius 1 is 1.38 bits per heavy atom. The summed E-state index contributed by atoms with van der Waals surface area (Å²) >= 11 is 1.69. The molecule has 1 saturated carbocycles. The Balaban J connectivity index is 0.00000161. The average Bonchev–Trinajstić information content (AvgIpc) is 3.24. The maximum Gasteiger partial charge on any atom is 0.261 e. The van der Waals surface area contributed by atoms with Crippen LogP contribution in [-0.4, -0.2) is 18.0 Å². The van der Waals surface area contributed by atoms with Crippen LogP contribution >= 0.6 is 23.7 Å². The number of carbonyl (C=O) groups excluding carboxylic acids is 1. The zero-order valence-corrected chi connectivity index (χ0v) is 14.2. The number of hydrogen-bond acceptors (Lipinski definition) is 3. The van der Waals surface area contributed by atoms with E-state index < -0.39 is 0 Å². The third kappa shape index (κ3) is 3.61. The molecule has 0 aromatic carbocycles. The fraction of sp³-hybridized carbons (Fsp3) is 0.688. The minimum Gasteiger partial charge on any atom is -0.345 e. The molecule has 1 aromatic heterocycles. The van der Waals surface area contributed by atoms with Crippen molar-refractivity contribution >= 4 is 29.7 Å². The highest BCUT2D eigenvalue weighted by molar-refractivity contribution is 7.14. The highest BCUT2D eigenvalue weighted by atomic mass is 35.5. The minimum absolute atomic E-state index is 0. The molecule has 5 heteroatoms. The van der Waals surface area contributed by atoms with Gasteiger partial charge in [-0.05, 0) is 63.0 Å². The second-order valence-electron chi connectivity index (χ2n) is 6.47. The summed E-state index contributed by atoms with van der Waals surface area (Å²) in [6.07, 6.45) is 8.49. The van der Waals surface area contributed by atoms with Gasteiger partial charge in [0.25, 0.3) is 5.91 Å². The van der Waals surface area contributed by atoms with Crippen LogP contribution in [0.3, 0.4) is 0 Å². The Morgan fingerprint density at radius 2 is 2.10 bits per heavy atom. The van der Waals surface area contributed by atoms with Crippen LogP contribution in [0.5, 0.6) is 0 Å². The van der Waals surface area contributed by atoms with E-state index in [-0.39, 0.29) is 23.9 Å². The lowest BCUT2D eigenvalue weighted by molar-refractivity contribution is 0.0902. The van der Waals surface area contributed by atoms with Crippen molar-refractivity contribution in [2.24, 2.45) is 11.7 Å². The lowest BCUT2D eigenvalue weighted by Gasteiger charge is -2.29. The molecule has 2 aliphatic rings. The first-order valence-corrected chi connectivity index (χ1v) is 8.58. The molecular weight excluding hydrogens is 304 g/mol. The number of rotatable bonds is 4. The van der Waals surface area contributed by atoms with Crippen molar-refractivity contribution in [1.82, 2.24) is 5.32 Å². The number of nitrogens with one attached hydrogen (secondary N) is 1. The summed E-state index contributed by atoms with van der Waals surface area (Å²) in [4.78, 5) is 14.8. The Hall–Kier alpha value is -0.580. The largest absolute Gasteiger partial charge is 0.345 e. The molecule has 3 nitrogen and oxygen atoms in total. The van der Waals surface area contributed by atoms with Crippen LogP contribution in [0, 0.1) is 5.92 Å². The van der Waals surface area contributed by atoms with Crippen molar-refractivity contribution in [3.05, 3.63) is 21.4 Å². The zero-order chi connectivity index (χ0) is 14.2. The maximum absolute atomic E-state index is 12.5. The van der Waals surface area contributed by atoms with Crippen molar-refractivity contribution in [1.29, 1.82) is 0 Å². The summed E-state index contributed by atoms with van der Waals surface area (Å²) < 4.78 is 0. The molecule has 3 rings (SSSR count). The standard InChI is InChI=1S/C16H24N2OS.ClH/c1-16(10-17,12-7-8-12)18-15(19)14-9-11-5-3-2-4-6-13(11)20-14;/h9,12H,2-8,10,17H2,1H3,(H,18,19);1H. The van der Waals surface area contributed by atoms with Gasteiger partial charge in [-0.2, -0.15) is 0 Å². The first-order valence-electron chi connectivity index (χ1n) is 7.76. The van der Waals surface area contributed by atoms with E-state index >= 15 is 0 Å². The monoisotopic (exact) mass is 328 g/mol. The fourth-order valence-electron chi connectivity index (χ4n) is 3.14. The first-order chi connectivity index (χ1) is 9.62. The molecule has 118 valence electrons. The molecule has 1 heterocycles. The molecule has 0 bridgehead atoms. The van der Waals surface area contributed by atoms with Crippen LogP contribution in [0.2, 0.25) is 0 Å². The summed E-state index contributed by atoms with van der Waals surface area (Å²) in [6, 6.07) is 2.12. The summed E-state index contributed by atoms with van der Waals surface area (Å²) in [6.45, 7) is 2.61. The Bertz CT molecular complexity index is 489.